The van der Waals surface area contributed by atoms with Gasteiger partial charge in [-0.25, -0.2) is 0 Å². The Balaban J connectivity index is 1.63. The Morgan fingerprint density at radius 2 is 2.04 bits per heavy atom. The molecule has 25 heavy (non-hydrogen) atoms. The lowest BCUT2D eigenvalue weighted by molar-refractivity contribution is -0.121. The summed E-state index contributed by atoms with van der Waals surface area (Å²) in [6.07, 6.45) is 3.00. The van der Waals surface area contributed by atoms with E-state index in [0.29, 0.717) is 6.42 Å². The Labute approximate surface area is 149 Å². The Bertz CT molecular complexity index is 732. The SMILES string of the molecule is CCC(CN1CCOCC1)NC(=O)Cc1coc2cc(C)cc(C)c12. The fourth-order valence-corrected chi connectivity index (χ4v) is 3.58. The molecule has 0 spiro atoms. The Kier molecular flexibility index (Phi) is 5.76. The predicted molar refractivity (Wildman–Crippen MR) is 98.9 cm³/mol. The third kappa shape index (κ3) is 4.41. The molecular weight excluding hydrogens is 316 g/mol. The topological polar surface area (TPSA) is 54.7 Å². The monoisotopic (exact) mass is 344 g/mol. The molecule has 1 atom stereocenters. The van der Waals surface area contributed by atoms with Crippen LogP contribution < -0.4 is 5.32 Å². The number of hydrogen-bond donors (Lipinski definition) is 1. The van der Waals surface area contributed by atoms with Crippen molar-refractivity contribution in [2.75, 3.05) is 32.8 Å². The maximum atomic E-state index is 12.5. The first-order valence-electron chi connectivity index (χ1n) is 9.13. The van der Waals surface area contributed by atoms with Crippen molar-refractivity contribution in [2.24, 2.45) is 0 Å². The van der Waals surface area contributed by atoms with Crippen molar-refractivity contribution < 1.29 is 13.9 Å². The van der Waals surface area contributed by atoms with Crippen molar-refractivity contribution in [3.8, 4) is 0 Å². The van der Waals surface area contributed by atoms with Crippen LogP contribution in [0, 0.1) is 13.8 Å². The van der Waals surface area contributed by atoms with Crippen LogP contribution in [0.25, 0.3) is 11.0 Å². The zero-order chi connectivity index (χ0) is 17.8. The third-order valence-electron chi connectivity index (χ3n) is 4.88. The van der Waals surface area contributed by atoms with Gasteiger partial charge in [-0.15, -0.1) is 0 Å². The average molecular weight is 344 g/mol. The molecule has 1 aromatic carbocycles. The molecule has 1 unspecified atom stereocenters. The van der Waals surface area contributed by atoms with Gasteiger partial charge in [-0.1, -0.05) is 13.0 Å². The summed E-state index contributed by atoms with van der Waals surface area (Å²) in [5, 5.41) is 4.26. The van der Waals surface area contributed by atoms with Gasteiger partial charge in [-0.2, -0.15) is 0 Å². The fourth-order valence-electron chi connectivity index (χ4n) is 3.58. The van der Waals surface area contributed by atoms with E-state index in [1.165, 1.54) is 5.56 Å². The fraction of sp³-hybridized carbons (Fsp3) is 0.550. The maximum absolute atomic E-state index is 12.5. The number of furan rings is 1. The summed E-state index contributed by atoms with van der Waals surface area (Å²) in [5.74, 6) is 0.0581. The lowest BCUT2D eigenvalue weighted by Gasteiger charge is -2.30. The molecule has 1 fully saturated rings. The summed E-state index contributed by atoms with van der Waals surface area (Å²) in [4.78, 5) is 14.9. The van der Waals surface area contributed by atoms with Crippen molar-refractivity contribution >= 4 is 16.9 Å². The second-order valence-corrected chi connectivity index (χ2v) is 6.98. The summed E-state index contributed by atoms with van der Waals surface area (Å²) >= 11 is 0. The number of rotatable bonds is 6. The lowest BCUT2D eigenvalue weighted by atomic mass is 10.0. The van der Waals surface area contributed by atoms with Crippen molar-refractivity contribution in [3.05, 3.63) is 35.1 Å². The summed E-state index contributed by atoms with van der Waals surface area (Å²) < 4.78 is 11.0. The van der Waals surface area contributed by atoms with Gasteiger partial charge in [0.15, 0.2) is 0 Å². The second-order valence-electron chi connectivity index (χ2n) is 6.98. The van der Waals surface area contributed by atoms with Gasteiger partial charge in [0.25, 0.3) is 0 Å². The molecule has 1 saturated heterocycles. The number of carbonyl (C=O) groups excluding carboxylic acids is 1. The van der Waals surface area contributed by atoms with E-state index in [2.05, 4.69) is 37.1 Å². The molecule has 136 valence electrons. The molecule has 0 radical (unpaired) electrons. The van der Waals surface area contributed by atoms with Crippen LogP contribution >= 0.6 is 0 Å². The van der Waals surface area contributed by atoms with Gasteiger partial charge in [0.1, 0.15) is 5.58 Å². The molecule has 1 aliphatic rings. The number of carbonyl (C=O) groups is 1. The molecule has 5 heteroatoms. The highest BCUT2D eigenvalue weighted by Gasteiger charge is 2.19. The molecule has 5 nitrogen and oxygen atoms in total. The molecule has 3 rings (SSSR count). The number of nitrogens with one attached hydrogen (secondary N) is 1. The van der Waals surface area contributed by atoms with Crippen LogP contribution in [0.15, 0.2) is 22.8 Å². The lowest BCUT2D eigenvalue weighted by Crippen LogP contribution is -2.47. The van der Waals surface area contributed by atoms with E-state index in [1.807, 2.05) is 6.07 Å². The van der Waals surface area contributed by atoms with Gasteiger partial charge in [-0.3, -0.25) is 9.69 Å². The van der Waals surface area contributed by atoms with Crippen molar-refractivity contribution in [1.82, 2.24) is 10.2 Å². The third-order valence-corrected chi connectivity index (χ3v) is 4.88. The van der Waals surface area contributed by atoms with Gasteiger partial charge in [-0.05, 0) is 37.5 Å². The quantitative estimate of drug-likeness (QED) is 0.875. The Morgan fingerprint density at radius 3 is 2.76 bits per heavy atom. The smallest absolute Gasteiger partial charge is 0.224 e. The minimum atomic E-state index is 0.0581. The normalized spacial score (nSPS) is 16.9. The molecule has 1 amide bonds. The minimum Gasteiger partial charge on any atom is -0.464 e. The van der Waals surface area contributed by atoms with E-state index < -0.39 is 0 Å². The first-order valence-corrected chi connectivity index (χ1v) is 9.13. The van der Waals surface area contributed by atoms with Crippen LogP contribution in [0.4, 0.5) is 0 Å². The number of fused-ring (bicyclic) bond motifs is 1. The molecule has 2 aromatic rings. The largest absolute Gasteiger partial charge is 0.464 e. The number of nitrogens with zero attached hydrogens (tertiary/aromatic N) is 1. The van der Waals surface area contributed by atoms with Gasteiger partial charge >= 0.3 is 0 Å². The molecule has 1 aromatic heterocycles. The van der Waals surface area contributed by atoms with Crippen molar-refractivity contribution in [2.45, 2.75) is 39.7 Å². The first-order chi connectivity index (χ1) is 12.1. The predicted octanol–water partition coefficient (Wildman–Crippen LogP) is 2.82. The summed E-state index contributed by atoms with van der Waals surface area (Å²) in [5.41, 5.74) is 4.16. The highest BCUT2D eigenvalue weighted by molar-refractivity contribution is 5.90. The Hall–Kier alpha value is -1.85. The standard InChI is InChI=1S/C20H28N2O3/c1-4-17(12-22-5-7-24-8-6-22)21-19(23)11-16-13-25-18-10-14(2)9-15(3)20(16)18/h9-10,13,17H,4-8,11-12H2,1-3H3,(H,21,23). The molecule has 0 bridgehead atoms. The van der Waals surface area contributed by atoms with Crippen LogP contribution in [0.3, 0.4) is 0 Å². The van der Waals surface area contributed by atoms with E-state index in [4.69, 9.17) is 9.15 Å². The van der Waals surface area contributed by atoms with Crippen molar-refractivity contribution in [3.63, 3.8) is 0 Å². The molecule has 0 aliphatic carbocycles. The van der Waals surface area contributed by atoms with Gasteiger partial charge in [0.05, 0.1) is 25.9 Å². The van der Waals surface area contributed by atoms with Crippen LogP contribution in [0.2, 0.25) is 0 Å². The number of hydrogen-bond acceptors (Lipinski definition) is 4. The van der Waals surface area contributed by atoms with E-state index >= 15 is 0 Å². The zero-order valence-electron chi connectivity index (χ0n) is 15.4. The summed E-state index contributed by atoms with van der Waals surface area (Å²) in [7, 11) is 0. The van der Waals surface area contributed by atoms with Gasteiger partial charge in [0.2, 0.25) is 5.91 Å². The molecule has 1 N–H and O–H groups in total. The number of amides is 1. The highest BCUT2D eigenvalue weighted by Crippen LogP contribution is 2.26. The molecule has 1 aliphatic heterocycles. The molecular formula is C20H28N2O3. The van der Waals surface area contributed by atoms with E-state index in [1.54, 1.807) is 6.26 Å². The van der Waals surface area contributed by atoms with Crippen molar-refractivity contribution in [1.29, 1.82) is 0 Å². The van der Waals surface area contributed by atoms with E-state index in [0.717, 1.165) is 61.4 Å². The van der Waals surface area contributed by atoms with E-state index in [9.17, 15) is 4.79 Å². The van der Waals surface area contributed by atoms with Crippen LogP contribution in [-0.4, -0.2) is 49.7 Å². The molecule has 0 saturated carbocycles. The number of benzene rings is 1. The Morgan fingerprint density at radius 1 is 1.28 bits per heavy atom. The van der Waals surface area contributed by atoms with Crippen LogP contribution in [-0.2, 0) is 16.0 Å². The summed E-state index contributed by atoms with van der Waals surface area (Å²) in [6, 6.07) is 4.33. The second kappa shape index (κ2) is 8.02. The first kappa shape index (κ1) is 18.0. The molecule has 2 heterocycles. The summed E-state index contributed by atoms with van der Waals surface area (Å²) in [6.45, 7) is 10.6. The number of aryl methyl sites for hydroxylation is 2. The number of morpholine rings is 1. The van der Waals surface area contributed by atoms with Crippen LogP contribution in [0.1, 0.15) is 30.0 Å². The van der Waals surface area contributed by atoms with Gasteiger partial charge in [0, 0.05) is 36.6 Å². The van der Waals surface area contributed by atoms with Gasteiger partial charge < -0.3 is 14.5 Å². The average Bonchev–Trinajstić information content (AvgIpc) is 2.97. The van der Waals surface area contributed by atoms with E-state index in [-0.39, 0.29) is 11.9 Å². The maximum Gasteiger partial charge on any atom is 0.224 e. The minimum absolute atomic E-state index is 0.0581. The zero-order valence-corrected chi connectivity index (χ0v) is 15.4. The highest BCUT2D eigenvalue weighted by atomic mass is 16.5. The van der Waals surface area contributed by atoms with Crippen LogP contribution in [0.5, 0.6) is 0 Å². The number of ether oxygens (including phenoxy) is 1.